The Bertz CT molecular complexity index is 138. The average molecular weight is 127 g/mol. The molecule has 0 bridgehead atoms. The molecule has 0 aromatic heterocycles. The van der Waals surface area contributed by atoms with Gasteiger partial charge in [-0.05, 0) is 13.0 Å². The minimum atomic E-state index is -0.872. The molecule has 1 fully saturated rings. The van der Waals surface area contributed by atoms with E-state index in [0.717, 1.165) is 13.0 Å². The molecule has 0 aromatic rings. The first-order valence-electron chi connectivity index (χ1n) is 2.93. The zero-order valence-corrected chi connectivity index (χ0v) is 5.00. The van der Waals surface area contributed by atoms with Crippen LogP contribution in [-0.4, -0.2) is 23.7 Å². The van der Waals surface area contributed by atoms with Crippen LogP contribution in [0.5, 0.6) is 0 Å². The molecule has 1 heterocycles. The predicted octanol–water partition coefficient (Wildman–Crippen LogP) is -0.0109. The molecule has 1 aliphatic heterocycles. The van der Waals surface area contributed by atoms with Gasteiger partial charge < -0.3 is 10.4 Å². The van der Waals surface area contributed by atoms with E-state index in [1.807, 2.05) is 0 Å². The first kappa shape index (κ1) is 6.29. The molecule has 9 heavy (non-hydrogen) atoms. The van der Waals surface area contributed by atoms with E-state index in [0.29, 0.717) is 6.04 Å². The molecule has 0 aromatic carbocycles. The topological polar surface area (TPSA) is 49.3 Å². The molecule has 3 nitrogen and oxygen atoms in total. The molecular weight excluding hydrogens is 118 g/mol. The lowest BCUT2D eigenvalue weighted by Gasteiger charge is -2.23. The highest BCUT2D eigenvalue weighted by Crippen LogP contribution is 2.01. The highest BCUT2D eigenvalue weighted by molar-refractivity contribution is 5.79. The fourth-order valence-electron chi connectivity index (χ4n) is 0.674. The van der Waals surface area contributed by atoms with Crippen LogP contribution in [0.1, 0.15) is 6.42 Å². The van der Waals surface area contributed by atoms with Crippen LogP contribution in [0, 0.1) is 0 Å². The van der Waals surface area contributed by atoms with Crippen molar-refractivity contribution in [3.05, 3.63) is 12.2 Å². The summed E-state index contributed by atoms with van der Waals surface area (Å²) >= 11 is 0. The Balaban J connectivity index is 2.22. The molecule has 3 heteroatoms. The smallest absolute Gasteiger partial charge is 0.328 e. The second kappa shape index (κ2) is 2.64. The normalized spacial score (nSPS) is 26.0. The first-order valence-corrected chi connectivity index (χ1v) is 2.93. The summed E-state index contributed by atoms with van der Waals surface area (Å²) in [4.78, 5) is 9.93. The summed E-state index contributed by atoms with van der Waals surface area (Å²) in [6.07, 6.45) is 3.91. The van der Waals surface area contributed by atoms with Crippen molar-refractivity contribution in [3.8, 4) is 0 Å². The van der Waals surface area contributed by atoms with Gasteiger partial charge in [0, 0.05) is 12.1 Å². The Morgan fingerprint density at radius 2 is 2.44 bits per heavy atom. The maximum Gasteiger partial charge on any atom is 0.328 e. The van der Waals surface area contributed by atoms with E-state index in [2.05, 4.69) is 5.32 Å². The molecule has 0 amide bonds. The number of hydrogen-bond donors (Lipinski definition) is 2. The van der Waals surface area contributed by atoms with Crippen LogP contribution in [0.2, 0.25) is 0 Å². The lowest BCUT2D eigenvalue weighted by atomic mass is 10.1. The SMILES string of the molecule is O=C(O)C=CC1CCN1. The van der Waals surface area contributed by atoms with Crippen LogP contribution >= 0.6 is 0 Å². The third-order valence-corrected chi connectivity index (χ3v) is 1.33. The number of rotatable bonds is 2. The third kappa shape index (κ3) is 1.85. The number of hydrogen-bond acceptors (Lipinski definition) is 2. The number of carboxylic acid groups (broad SMARTS) is 1. The monoisotopic (exact) mass is 127 g/mol. The van der Waals surface area contributed by atoms with Gasteiger partial charge in [0.25, 0.3) is 0 Å². The lowest BCUT2D eigenvalue weighted by Crippen LogP contribution is -2.41. The second-order valence-electron chi connectivity index (χ2n) is 2.05. The fraction of sp³-hybridized carbons (Fsp3) is 0.500. The highest BCUT2D eigenvalue weighted by atomic mass is 16.4. The molecule has 0 radical (unpaired) electrons. The summed E-state index contributed by atoms with van der Waals surface area (Å²) in [7, 11) is 0. The largest absolute Gasteiger partial charge is 0.478 e. The van der Waals surface area contributed by atoms with E-state index in [1.165, 1.54) is 6.08 Å². The summed E-state index contributed by atoms with van der Waals surface area (Å²) in [6, 6.07) is 0.307. The van der Waals surface area contributed by atoms with Crippen LogP contribution in [0.25, 0.3) is 0 Å². The van der Waals surface area contributed by atoms with Gasteiger partial charge in [-0.1, -0.05) is 6.08 Å². The summed E-state index contributed by atoms with van der Waals surface area (Å²) in [5.41, 5.74) is 0. The molecule has 0 aliphatic carbocycles. The molecule has 1 aliphatic rings. The van der Waals surface area contributed by atoms with Crippen molar-refractivity contribution in [2.45, 2.75) is 12.5 Å². The number of carboxylic acids is 1. The zero-order valence-electron chi connectivity index (χ0n) is 5.00. The molecule has 2 N–H and O–H groups in total. The Hall–Kier alpha value is -0.830. The standard InChI is InChI=1S/C6H9NO2/c8-6(9)2-1-5-3-4-7-5/h1-2,5,7H,3-4H2,(H,8,9). The quantitative estimate of drug-likeness (QED) is 0.513. The molecule has 0 spiro atoms. The first-order chi connectivity index (χ1) is 4.29. The maximum atomic E-state index is 9.93. The second-order valence-corrected chi connectivity index (χ2v) is 2.05. The molecule has 1 saturated heterocycles. The van der Waals surface area contributed by atoms with Crippen LogP contribution in [-0.2, 0) is 4.79 Å². The van der Waals surface area contributed by atoms with Crippen molar-refractivity contribution in [1.29, 1.82) is 0 Å². The van der Waals surface area contributed by atoms with Gasteiger partial charge in [0.1, 0.15) is 0 Å². The maximum absolute atomic E-state index is 9.93. The van der Waals surface area contributed by atoms with Crippen molar-refractivity contribution in [1.82, 2.24) is 5.32 Å². The van der Waals surface area contributed by atoms with E-state index < -0.39 is 5.97 Å². The Labute approximate surface area is 53.4 Å². The Kier molecular flexibility index (Phi) is 1.85. The summed E-state index contributed by atoms with van der Waals surface area (Å²) in [6.45, 7) is 1.01. The van der Waals surface area contributed by atoms with E-state index in [1.54, 1.807) is 6.08 Å². The molecule has 1 rings (SSSR count). The predicted molar refractivity (Wildman–Crippen MR) is 33.2 cm³/mol. The van der Waals surface area contributed by atoms with E-state index in [-0.39, 0.29) is 0 Å². The van der Waals surface area contributed by atoms with Crippen molar-refractivity contribution >= 4 is 5.97 Å². The molecule has 1 atom stereocenters. The molecule has 0 saturated carbocycles. The van der Waals surface area contributed by atoms with Gasteiger partial charge in [-0.25, -0.2) is 4.79 Å². The van der Waals surface area contributed by atoms with E-state index >= 15 is 0 Å². The van der Waals surface area contributed by atoms with Gasteiger partial charge >= 0.3 is 5.97 Å². The Morgan fingerprint density at radius 1 is 1.78 bits per heavy atom. The lowest BCUT2D eigenvalue weighted by molar-refractivity contribution is -0.131. The zero-order chi connectivity index (χ0) is 6.69. The minimum Gasteiger partial charge on any atom is -0.478 e. The number of carbonyl (C=O) groups is 1. The summed E-state index contributed by atoms with van der Waals surface area (Å²) in [5.74, 6) is -0.872. The van der Waals surface area contributed by atoms with Gasteiger partial charge in [-0.2, -0.15) is 0 Å². The molecular formula is C6H9NO2. The van der Waals surface area contributed by atoms with Crippen molar-refractivity contribution < 1.29 is 9.90 Å². The van der Waals surface area contributed by atoms with Gasteiger partial charge in [-0.3, -0.25) is 0 Å². The minimum absolute atomic E-state index is 0.307. The van der Waals surface area contributed by atoms with Crippen LogP contribution < -0.4 is 5.32 Å². The number of nitrogens with one attached hydrogen (secondary N) is 1. The van der Waals surface area contributed by atoms with E-state index in [4.69, 9.17) is 5.11 Å². The highest BCUT2D eigenvalue weighted by Gasteiger charge is 2.11. The summed E-state index contributed by atoms with van der Waals surface area (Å²) in [5, 5.41) is 11.2. The van der Waals surface area contributed by atoms with Gasteiger partial charge in [-0.15, -0.1) is 0 Å². The van der Waals surface area contributed by atoms with Gasteiger partial charge in [0.2, 0.25) is 0 Å². The number of aliphatic carboxylic acids is 1. The van der Waals surface area contributed by atoms with Gasteiger partial charge in [0.15, 0.2) is 0 Å². The van der Waals surface area contributed by atoms with Crippen LogP contribution in [0.4, 0.5) is 0 Å². The van der Waals surface area contributed by atoms with Crippen molar-refractivity contribution in [2.75, 3.05) is 6.54 Å². The van der Waals surface area contributed by atoms with Gasteiger partial charge in [0.05, 0.1) is 0 Å². The van der Waals surface area contributed by atoms with Crippen LogP contribution in [0.15, 0.2) is 12.2 Å². The Morgan fingerprint density at radius 3 is 2.78 bits per heavy atom. The van der Waals surface area contributed by atoms with Crippen molar-refractivity contribution in [3.63, 3.8) is 0 Å². The molecule has 1 unspecified atom stereocenters. The van der Waals surface area contributed by atoms with Crippen molar-refractivity contribution in [2.24, 2.45) is 0 Å². The molecule has 50 valence electrons. The average Bonchev–Trinajstić information content (AvgIpc) is 1.60. The third-order valence-electron chi connectivity index (χ3n) is 1.33. The summed E-state index contributed by atoms with van der Waals surface area (Å²) < 4.78 is 0. The van der Waals surface area contributed by atoms with E-state index in [9.17, 15) is 4.79 Å². The fourth-order valence-corrected chi connectivity index (χ4v) is 0.674. The van der Waals surface area contributed by atoms with Crippen LogP contribution in [0.3, 0.4) is 0 Å².